The quantitative estimate of drug-likeness (QED) is 0.131. The van der Waals surface area contributed by atoms with Crippen molar-refractivity contribution >= 4 is 44.5 Å². The summed E-state index contributed by atoms with van der Waals surface area (Å²) >= 11 is 0. The number of rotatable bonds is 11. The second-order valence-corrected chi connectivity index (χ2v) is 9.73. The summed E-state index contributed by atoms with van der Waals surface area (Å²) < 4.78 is 39.0. The Hall–Kier alpha value is -3.29. The molecule has 0 aliphatic rings. The Labute approximate surface area is 254 Å². The van der Waals surface area contributed by atoms with Crippen molar-refractivity contribution in [3.63, 3.8) is 0 Å². The number of ether oxygens (including phenoxy) is 1. The Kier molecular flexibility index (Phi) is 12.3. The van der Waals surface area contributed by atoms with Crippen LogP contribution in [0.15, 0.2) is 61.8 Å². The average Bonchev–Trinajstić information content (AvgIpc) is 2.89. The number of pyridine rings is 1. The topological polar surface area (TPSA) is 211 Å². The van der Waals surface area contributed by atoms with Crippen molar-refractivity contribution in [3.05, 3.63) is 58.7 Å². The van der Waals surface area contributed by atoms with E-state index in [9.17, 15) is 18.2 Å². The largest absolute Gasteiger partial charge is 1.00 e. The van der Waals surface area contributed by atoms with Crippen LogP contribution in [0.2, 0.25) is 0 Å². The number of nitrogens with one attached hydrogen (secondary N) is 1. The number of aliphatic hydroxyl groups is 1. The first kappa shape index (κ1) is 32.9. The van der Waals surface area contributed by atoms with Gasteiger partial charge in [0, 0.05) is 12.1 Å². The Balaban J connectivity index is 0.00000560. The third-order valence-corrected chi connectivity index (χ3v) is 6.31. The zero-order valence-corrected chi connectivity index (χ0v) is 25.4. The van der Waals surface area contributed by atoms with Crippen LogP contribution < -0.4 is 40.6 Å². The normalized spacial score (nSPS) is 11.5. The number of aryl methyl sites for hydroxylation is 2. The molecule has 204 valence electrons. The molecule has 1 aromatic heterocycles. The minimum absolute atomic E-state index is 0. The van der Waals surface area contributed by atoms with Gasteiger partial charge in [0.05, 0.1) is 47.3 Å². The molecule has 40 heavy (non-hydrogen) atoms. The molecule has 3 rings (SSSR count). The third-order valence-electron chi connectivity index (χ3n) is 5.48. The fourth-order valence-corrected chi connectivity index (χ4v) is 3.94. The van der Waals surface area contributed by atoms with Gasteiger partial charge < -0.3 is 25.4 Å². The molecule has 13 nitrogen and oxygen atoms in total. The van der Waals surface area contributed by atoms with Gasteiger partial charge in [0.25, 0.3) is 0 Å². The number of nitrogens with two attached hydrogens (primary N) is 1. The maximum absolute atomic E-state index is 11.3. The van der Waals surface area contributed by atoms with Crippen molar-refractivity contribution in [1.82, 2.24) is 4.98 Å². The number of aromatic nitrogens is 1. The fourth-order valence-electron chi connectivity index (χ4n) is 3.43. The van der Waals surface area contributed by atoms with Gasteiger partial charge in [0.2, 0.25) is 0 Å². The van der Waals surface area contributed by atoms with Gasteiger partial charge in [-0.15, -0.1) is 5.11 Å². The van der Waals surface area contributed by atoms with Crippen LogP contribution in [0.1, 0.15) is 22.3 Å². The number of benzene rings is 2. The SMILES string of the molecule is Cc1cc(N=Nc2c(NCCOCCO)nc(N)c(C#N)c2C)c(C)cc1N=Nc1cccc(S(=O)(=O)[O-])c1.[Na+]. The van der Waals surface area contributed by atoms with Crippen LogP contribution in [0.4, 0.5) is 34.4 Å². The predicted molar refractivity (Wildman–Crippen MR) is 143 cm³/mol. The molecule has 0 fully saturated rings. The standard InChI is InChI=1S/C25H28N8O5S.Na/c1-15-12-22(16(2)11-21(15)31-30-18-5-4-6-19(13-18)39(35,36)37)32-33-23-17(3)20(14-26)24(27)29-25(23)28-7-9-38-10-8-34;/h4-6,11-13,34H,7-10H2,1-3H3,(H3,27,28,29)(H,35,36,37);/q;+1/p-1. The molecule has 3 aromatic rings. The molecule has 0 bridgehead atoms. The number of anilines is 2. The average molecular weight is 575 g/mol. The van der Waals surface area contributed by atoms with Gasteiger partial charge in [0.15, 0.2) is 5.82 Å². The van der Waals surface area contributed by atoms with E-state index < -0.39 is 10.1 Å². The summed E-state index contributed by atoms with van der Waals surface area (Å²) in [5.41, 5.74) is 9.71. The number of hydrogen-bond acceptors (Lipinski definition) is 13. The molecule has 0 unspecified atom stereocenters. The van der Waals surface area contributed by atoms with Crippen molar-refractivity contribution in [3.8, 4) is 6.07 Å². The van der Waals surface area contributed by atoms with Crippen molar-refractivity contribution in [2.45, 2.75) is 25.7 Å². The van der Waals surface area contributed by atoms with Gasteiger partial charge in [-0.25, -0.2) is 13.4 Å². The minimum Gasteiger partial charge on any atom is -0.744 e. The summed E-state index contributed by atoms with van der Waals surface area (Å²) in [6.07, 6.45) is 0. The molecule has 1 heterocycles. The molecule has 0 atom stereocenters. The summed E-state index contributed by atoms with van der Waals surface area (Å²) in [4.78, 5) is 3.88. The zero-order chi connectivity index (χ0) is 28.6. The predicted octanol–water partition coefficient (Wildman–Crippen LogP) is 1.62. The number of aliphatic hydroxyl groups excluding tert-OH is 1. The number of nitrogen functional groups attached to an aromatic ring is 1. The second kappa shape index (κ2) is 14.9. The van der Waals surface area contributed by atoms with Crippen LogP contribution in [0.3, 0.4) is 0 Å². The molecule has 15 heteroatoms. The maximum Gasteiger partial charge on any atom is 1.00 e. The van der Waals surface area contributed by atoms with E-state index in [1.807, 2.05) is 13.0 Å². The Morgan fingerprint density at radius 1 is 1.07 bits per heavy atom. The summed E-state index contributed by atoms with van der Waals surface area (Å²) in [5, 5.41) is 38.4. The number of hydrogen-bond donors (Lipinski definition) is 3. The van der Waals surface area contributed by atoms with Crippen molar-refractivity contribution in [1.29, 1.82) is 5.26 Å². The first-order valence-corrected chi connectivity index (χ1v) is 13.1. The molecule has 4 N–H and O–H groups in total. The van der Waals surface area contributed by atoms with Gasteiger partial charge in [-0.1, -0.05) is 6.07 Å². The van der Waals surface area contributed by atoms with E-state index in [4.69, 9.17) is 15.6 Å². The van der Waals surface area contributed by atoms with Crippen LogP contribution in [0, 0.1) is 32.1 Å². The molecule has 0 amide bonds. The van der Waals surface area contributed by atoms with Gasteiger partial charge in [-0.3, -0.25) is 0 Å². The molecular weight excluding hydrogens is 547 g/mol. The van der Waals surface area contributed by atoms with E-state index in [-0.39, 0.29) is 64.7 Å². The number of nitriles is 1. The summed E-state index contributed by atoms with van der Waals surface area (Å²) in [5.74, 6) is 0.398. The van der Waals surface area contributed by atoms with E-state index in [2.05, 4.69) is 30.8 Å². The van der Waals surface area contributed by atoms with E-state index >= 15 is 0 Å². The fraction of sp³-hybridized carbons (Fsp3) is 0.280. The van der Waals surface area contributed by atoms with Gasteiger partial charge >= 0.3 is 29.6 Å². The minimum atomic E-state index is -4.60. The van der Waals surface area contributed by atoms with E-state index in [0.717, 1.165) is 17.2 Å². The third kappa shape index (κ3) is 8.60. The van der Waals surface area contributed by atoms with Crippen LogP contribution in [-0.2, 0) is 14.9 Å². The van der Waals surface area contributed by atoms with Crippen molar-refractivity contribution in [2.24, 2.45) is 20.5 Å². The van der Waals surface area contributed by atoms with E-state index in [1.165, 1.54) is 18.2 Å². The maximum atomic E-state index is 11.3. The van der Waals surface area contributed by atoms with Crippen molar-refractivity contribution < 1.29 is 52.4 Å². The second-order valence-electron chi connectivity index (χ2n) is 8.35. The molecule has 0 saturated carbocycles. The van der Waals surface area contributed by atoms with Gasteiger partial charge in [-0.05, 0) is 62.2 Å². The van der Waals surface area contributed by atoms with Crippen LogP contribution in [0.25, 0.3) is 0 Å². The molecular formula is C25H27N8NaO5S. The van der Waals surface area contributed by atoms with Crippen LogP contribution in [0.5, 0.6) is 0 Å². The summed E-state index contributed by atoms with van der Waals surface area (Å²) in [7, 11) is -4.60. The van der Waals surface area contributed by atoms with Crippen molar-refractivity contribution in [2.75, 3.05) is 37.4 Å². The van der Waals surface area contributed by atoms with E-state index in [0.29, 0.717) is 41.6 Å². The monoisotopic (exact) mass is 574 g/mol. The van der Waals surface area contributed by atoms with Crippen LogP contribution >= 0.6 is 0 Å². The Morgan fingerprint density at radius 3 is 2.33 bits per heavy atom. The molecule has 0 aliphatic heterocycles. The molecule has 0 spiro atoms. The molecule has 2 aromatic carbocycles. The Morgan fingerprint density at radius 2 is 1.73 bits per heavy atom. The smallest absolute Gasteiger partial charge is 0.744 e. The van der Waals surface area contributed by atoms with E-state index in [1.54, 1.807) is 26.0 Å². The first-order chi connectivity index (χ1) is 18.5. The molecule has 0 saturated heterocycles. The van der Waals surface area contributed by atoms with Gasteiger partial charge in [0.1, 0.15) is 27.7 Å². The number of azo groups is 2. The number of nitrogens with zero attached hydrogens (tertiary/aromatic N) is 6. The summed E-state index contributed by atoms with van der Waals surface area (Å²) in [6.45, 7) is 6.10. The first-order valence-electron chi connectivity index (χ1n) is 11.7. The van der Waals surface area contributed by atoms with Crippen LogP contribution in [-0.4, -0.2) is 49.4 Å². The summed E-state index contributed by atoms with van der Waals surface area (Å²) in [6, 6.07) is 10.8. The molecule has 0 radical (unpaired) electrons. The zero-order valence-electron chi connectivity index (χ0n) is 22.5. The van der Waals surface area contributed by atoms with Gasteiger partial charge in [-0.2, -0.15) is 20.6 Å². The molecule has 0 aliphatic carbocycles. The Bertz CT molecular complexity index is 1570.